The fourth-order valence-electron chi connectivity index (χ4n) is 2.78. The average Bonchev–Trinajstić information content (AvgIpc) is 2.78. The lowest BCUT2D eigenvalue weighted by atomic mass is 10.1. The zero-order valence-corrected chi connectivity index (χ0v) is 21.5. The van der Waals surface area contributed by atoms with Crippen LogP contribution in [0.3, 0.4) is 0 Å². The summed E-state index contributed by atoms with van der Waals surface area (Å²) in [5.74, 6) is -3.41. The van der Waals surface area contributed by atoms with Crippen molar-refractivity contribution in [1.29, 1.82) is 0 Å². The summed E-state index contributed by atoms with van der Waals surface area (Å²) < 4.78 is 20.3. The molecule has 1 aliphatic rings. The number of rotatable bonds is 16. The number of nitrogens with zero attached hydrogens (tertiary/aromatic N) is 1. The van der Waals surface area contributed by atoms with Gasteiger partial charge in [-0.3, -0.25) is 23.7 Å². The Bertz CT molecular complexity index is 761. The average molecular weight is 566 g/mol. The number of nitrogens with two attached hydrogens (primary N) is 1. The molecule has 1 fully saturated rings. The fraction of sp³-hybridized carbons (Fsp3) is 0.765. The highest BCUT2D eigenvalue weighted by molar-refractivity contribution is 8.00. The van der Waals surface area contributed by atoms with Crippen LogP contribution in [-0.2, 0) is 28.3 Å². The predicted molar refractivity (Wildman–Crippen MR) is 128 cm³/mol. The van der Waals surface area contributed by atoms with Crippen LogP contribution in [0.4, 0.5) is 0 Å². The van der Waals surface area contributed by atoms with Crippen LogP contribution < -0.4 is 21.5 Å². The second kappa shape index (κ2) is 15.8. The third-order valence-corrected chi connectivity index (χ3v) is 8.65. The molecule has 196 valence electrons. The first-order valence-corrected chi connectivity index (χ1v) is 14.0. The molecular formula is C17H30Cl2N5O8PS. The summed E-state index contributed by atoms with van der Waals surface area (Å²) in [6.07, 6.45) is 0.0754. The van der Waals surface area contributed by atoms with Crippen LogP contribution in [0.5, 0.6) is 0 Å². The Hall–Kier alpha value is -1.12. The van der Waals surface area contributed by atoms with E-state index in [1.165, 1.54) is 16.4 Å². The lowest BCUT2D eigenvalue weighted by molar-refractivity contribution is -0.139. The van der Waals surface area contributed by atoms with Gasteiger partial charge in [-0.2, -0.15) is 0 Å². The van der Waals surface area contributed by atoms with E-state index in [2.05, 4.69) is 15.7 Å². The van der Waals surface area contributed by atoms with Crippen LogP contribution in [-0.4, -0.2) is 99.8 Å². The predicted octanol–water partition coefficient (Wildman–Crippen LogP) is -0.179. The highest BCUT2D eigenvalue weighted by atomic mass is 35.5. The SMILES string of the molecule is N[C@@H](CCC(=O)N[C@@H](CS[C@H]1CCO[P@](=O)(N(CCCl)CCCl)N1)C(=O)NCC(=O)O)C(=O)O. The molecule has 0 radical (unpaired) electrons. The molecule has 0 aromatic carbocycles. The number of carboxylic acids is 2. The maximum absolute atomic E-state index is 13.2. The van der Waals surface area contributed by atoms with Crippen molar-refractivity contribution in [2.24, 2.45) is 5.73 Å². The summed E-state index contributed by atoms with van der Waals surface area (Å²) in [7, 11) is -3.42. The Morgan fingerprint density at radius 2 is 1.88 bits per heavy atom. The van der Waals surface area contributed by atoms with E-state index in [1.807, 2.05) is 0 Å². The number of carboxylic acid groups (broad SMARTS) is 2. The van der Waals surface area contributed by atoms with Crippen molar-refractivity contribution in [3.8, 4) is 0 Å². The molecule has 4 atom stereocenters. The Labute approximate surface area is 211 Å². The van der Waals surface area contributed by atoms with E-state index >= 15 is 0 Å². The van der Waals surface area contributed by atoms with Gasteiger partial charge < -0.3 is 31.1 Å². The first-order valence-electron chi connectivity index (χ1n) is 10.3. The van der Waals surface area contributed by atoms with E-state index in [0.29, 0.717) is 6.42 Å². The molecule has 0 bridgehead atoms. The minimum absolute atomic E-state index is 0.0187. The third kappa shape index (κ3) is 11.1. The Morgan fingerprint density at radius 1 is 1.24 bits per heavy atom. The van der Waals surface area contributed by atoms with Crippen molar-refractivity contribution in [2.45, 2.75) is 36.7 Å². The first kappa shape index (κ1) is 30.9. The van der Waals surface area contributed by atoms with E-state index in [1.54, 1.807) is 0 Å². The number of hydrogen-bond acceptors (Lipinski definition) is 8. The van der Waals surface area contributed by atoms with Gasteiger partial charge in [-0.25, -0.2) is 9.76 Å². The number of nitrogens with one attached hydrogen (secondary N) is 3. The number of hydrogen-bond donors (Lipinski definition) is 6. The Morgan fingerprint density at radius 3 is 2.44 bits per heavy atom. The summed E-state index contributed by atoms with van der Waals surface area (Å²) >= 11 is 12.8. The number of carbonyl (C=O) groups is 4. The molecule has 1 saturated heterocycles. The van der Waals surface area contributed by atoms with Gasteiger partial charge in [0.25, 0.3) is 0 Å². The third-order valence-electron chi connectivity index (χ3n) is 4.54. The fourth-order valence-corrected chi connectivity index (χ4v) is 7.02. The van der Waals surface area contributed by atoms with Crippen LogP contribution in [0.2, 0.25) is 0 Å². The van der Waals surface area contributed by atoms with Crippen LogP contribution in [0.1, 0.15) is 19.3 Å². The molecule has 1 aliphatic heterocycles. The van der Waals surface area contributed by atoms with Crippen molar-refractivity contribution < 1.29 is 38.5 Å². The lowest BCUT2D eigenvalue weighted by Crippen LogP contribution is -2.50. The van der Waals surface area contributed by atoms with Gasteiger partial charge in [0, 0.05) is 37.0 Å². The highest BCUT2D eigenvalue weighted by Gasteiger charge is 2.38. The topological polar surface area (TPSA) is 200 Å². The number of alkyl halides is 2. The number of thioether (sulfide) groups is 1. The molecule has 1 rings (SSSR count). The van der Waals surface area contributed by atoms with Gasteiger partial charge >= 0.3 is 19.6 Å². The number of aliphatic carboxylic acids is 2. The van der Waals surface area contributed by atoms with Crippen molar-refractivity contribution in [2.75, 3.05) is 43.8 Å². The largest absolute Gasteiger partial charge is 0.480 e. The molecule has 0 spiro atoms. The van der Waals surface area contributed by atoms with E-state index in [-0.39, 0.29) is 50.1 Å². The first-order chi connectivity index (χ1) is 16.0. The molecule has 0 unspecified atom stereocenters. The molecule has 34 heavy (non-hydrogen) atoms. The Balaban J connectivity index is 2.79. The molecule has 0 saturated carbocycles. The zero-order chi connectivity index (χ0) is 25.7. The normalized spacial score (nSPS) is 22.1. The summed E-state index contributed by atoms with van der Waals surface area (Å²) in [4.78, 5) is 46.3. The van der Waals surface area contributed by atoms with Crippen LogP contribution in [0.15, 0.2) is 0 Å². The summed E-state index contributed by atoms with van der Waals surface area (Å²) in [6.45, 7) is 0.101. The minimum atomic E-state index is -3.42. The maximum Gasteiger partial charge on any atom is 0.344 e. The standard InChI is InChI=1S/C17H30Cl2N5O8PS/c18-4-6-24(7-5-19)33(31)23-14(3-8-32-33)34-10-12(16(28)21-9-15(26)27)22-13(25)2-1-11(20)17(29)30/h11-12,14H,1-10,20H2,(H,21,28)(H,22,25)(H,23,31)(H,26,27)(H,29,30)/t11-,12-,14-,33-/m0/s1. The van der Waals surface area contributed by atoms with Crippen molar-refractivity contribution in [1.82, 2.24) is 20.4 Å². The van der Waals surface area contributed by atoms with E-state index in [4.69, 9.17) is 43.7 Å². The molecule has 13 nitrogen and oxygen atoms in total. The second-order valence-electron chi connectivity index (χ2n) is 7.14. The van der Waals surface area contributed by atoms with E-state index < -0.39 is 55.4 Å². The molecule has 2 amide bonds. The molecule has 0 aromatic heterocycles. The van der Waals surface area contributed by atoms with Crippen LogP contribution in [0.25, 0.3) is 0 Å². The smallest absolute Gasteiger partial charge is 0.344 e. The molecule has 1 heterocycles. The molecule has 17 heteroatoms. The van der Waals surface area contributed by atoms with E-state index in [9.17, 15) is 23.7 Å². The number of amides is 2. The van der Waals surface area contributed by atoms with E-state index in [0.717, 1.165) is 0 Å². The van der Waals surface area contributed by atoms with Crippen LogP contribution >= 0.6 is 42.6 Å². The van der Waals surface area contributed by atoms with Gasteiger partial charge in [0.2, 0.25) is 11.8 Å². The number of halogens is 2. The minimum Gasteiger partial charge on any atom is -0.480 e. The van der Waals surface area contributed by atoms with Crippen LogP contribution in [0, 0.1) is 0 Å². The van der Waals surface area contributed by atoms with Crippen molar-refractivity contribution in [3.63, 3.8) is 0 Å². The Kier molecular flexibility index (Phi) is 14.4. The molecule has 0 aromatic rings. The van der Waals surface area contributed by atoms with Gasteiger partial charge in [-0.15, -0.1) is 35.0 Å². The summed E-state index contributed by atoms with van der Waals surface area (Å²) in [5, 5.41) is 24.8. The van der Waals surface area contributed by atoms with Crippen molar-refractivity contribution >= 4 is 66.4 Å². The van der Waals surface area contributed by atoms with Gasteiger partial charge in [0.1, 0.15) is 18.6 Å². The molecular weight excluding hydrogens is 536 g/mol. The lowest BCUT2D eigenvalue weighted by Gasteiger charge is -2.37. The highest BCUT2D eigenvalue weighted by Crippen LogP contribution is 2.50. The molecule has 7 N–H and O–H groups in total. The number of carbonyl (C=O) groups excluding carboxylic acids is 2. The second-order valence-corrected chi connectivity index (χ2v) is 11.3. The monoisotopic (exact) mass is 565 g/mol. The summed E-state index contributed by atoms with van der Waals surface area (Å²) in [5.41, 5.74) is 5.39. The van der Waals surface area contributed by atoms with Crippen molar-refractivity contribution in [3.05, 3.63) is 0 Å². The molecule has 0 aliphatic carbocycles. The maximum atomic E-state index is 13.2. The summed E-state index contributed by atoms with van der Waals surface area (Å²) in [6, 6.07) is -2.35. The zero-order valence-electron chi connectivity index (χ0n) is 18.3. The quantitative estimate of drug-likeness (QED) is 0.107. The van der Waals surface area contributed by atoms with Gasteiger partial charge in [-0.1, -0.05) is 0 Å². The van der Waals surface area contributed by atoms with Gasteiger partial charge in [0.05, 0.1) is 12.0 Å². The van der Waals surface area contributed by atoms with Gasteiger partial charge in [0.15, 0.2) is 0 Å². The van der Waals surface area contributed by atoms with Gasteiger partial charge in [-0.05, 0) is 12.8 Å².